The number of anilines is 1. The number of piperazine rings is 1. The zero-order chi connectivity index (χ0) is 30.2. The predicted molar refractivity (Wildman–Crippen MR) is 147 cm³/mol. The number of carbonyl (C=O) groups is 4. The standard InChI is InChI=1S/C28H31N5O9/c1-4-42-27(37)30-11-12-31-20-7-6-19(33(38)39)14-18(20)15-28(23(31)16-30)24(34)29-26(36)32(25(28)35)10-9-17-5-8-21(40-2)22(13-17)41-3/h5-8,13-14,23H,4,9-12,15-16H2,1-3H3,(H,29,34,36)/t23-,28+/m0/s1. The number of amides is 5. The molecule has 5 amide bonds. The first kappa shape index (κ1) is 28.6. The first-order valence-corrected chi connectivity index (χ1v) is 13.5. The van der Waals surface area contributed by atoms with E-state index in [2.05, 4.69) is 5.32 Å². The van der Waals surface area contributed by atoms with Crippen LogP contribution in [0.5, 0.6) is 11.5 Å². The van der Waals surface area contributed by atoms with Crippen molar-refractivity contribution in [1.82, 2.24) is 15.1 Å². The molecule has 5 rings (SSSR count). The topological polar surface area (TPSA) is 161 Å². The Morgan fingerprint density at radius 1 is 1.10 bits per heavy atom. The van der Waals surface area contributed by atoms with E-state index in [1.54, 1.807) is 31.2 Å². The summed E-state index contributed by atoms with van der Waals surface area (Å²) in [5, 5.41) is 13.9. The van der Waals surface area contributed by atoms with Gasteiger partial charge in [0, 0.05) is 50.4 Å². The van der Waals surface area contributed by atoms with Crippen molar-refractivity contribution in [3.05, 3.63) is 57.6 Å². The summed E-state index contributed by atoms with van der Waals surface area (Å²) in [7, 11) is 3.01. The molecule has 0 saturated carbocycles. The summed E-state index contributed by atoms with van der Waals surface area (Å²) in [6.07, 6.45) is -0.506. The predicted octanol–water partition coefficient (Wildman–Crippen LogP) is 2.12. The minimum atomic E-state index is -1.83. The molecule has 14 heteroatoms. The summed E-state index contributed by atoms with van der Waals surface area (Å²) in [5.41, 5.74) is -0.190. The second-order valence-electron chi connectivity index (χ2n) is 10.2. The summed E-state index contributed by atoms with van der Waals surface area (Å²) in [6.45, 7) is 2.26. The first-order chi connectivity index (χ1) is 20.1. The van der Waals surface area contributed by atoms with E-state index in [0.29, 0.717) is 22.7 Å². The molecule has 0 radical (unpaired) electrons. The molecule has 222 valence electrons. The minimum Gasteiger partial charge on any atom is -0.493 e. The molecule has 3 aliphatic rings. The van der Waals surface area contributed by atoms with E-state index in [1.165, 1.54) is 31.3 Å². The Morgan fingerprint density at radius 3 is 2.55 bits per heavy atom. The number of nitro benzene ring substituents is 1. The highest BCUT2D eigenvalue weighted by Gasteiger charge is 2.63. The van der Waals surface area contributed by atoms with Crippen LogP contribution in [0.3, 0.4) is 0 Å². The van der Waals surface area contributed by atoms with Crippen LogP contribution in [-0.2, 0) is 27.2 Å². The number of nitrogens with zero attached hydrogens (tertiary/aromatic N) is 4. The van der Waals surface area contributed by atoms with Gasteiger partial charge in [0.25, 0.3) is 5.69 Å². The third kappa shape index (κ3) is 4.72. The Hall–Kier alpha value is -4.88. The van der Waals surface area contributed by atoms with Crippen LogP contribution in [0.4, 0.5) is 21.0 Å². The summed E-state index contributed by atoms with van der Waals surface area (Å²) >= 11 is 0. The summed E-state index contributed by atoms with van der Waals surface area (Å²) < 4.78 is 15.8. The van der Waals surface area contributed by atoms with Gasteiger partial charge in [0.15, 0.2) is 16.9 Å². The van der Waals surface area contributed by atoms with Crippen LogP contribution in [0.2, 0.25) is 0 Å². The van der Waals surface area contributed by atoms with Crippen molar-refractivity contribution in [1.29, 1.82) is 0 Å². The smallest absolute Gasteiger partial charge is 0.409 e. The fourth-order valence-corrected chi connectivity index (χ4v) is 6.04. The molecule has 2 aromatic carbocycles. The highest BCUT2D eigenvalue weighted by molar-refractivity contribution is 6.20. The fraction of sp³-hybridized carbons (Fsp3) is 0.429. The quantitative estimate of drug-likeness (QED) is 0.291. The number of non-ortho nitro benzene ring substituents is 1. The molecule has 1 spiro atoms. The Bertz CT molecular complexity index is 1460. The van der Waals surface area contributed by atoms with Crippen molar-refractivity contribution in [3.8, 4) is 11.5 Å². The molecule has 3 heterocycles. The third-order valence-corrected chi connectivity index (χ3v) is 8.10. The van der Waals surface area contributed by atoms with E-state index < -0.39 is 40.3 Å². The maximum absolute atomic E-state index is 14.4. The van der Waals surface area contributed by atoms with E-state index in [9.17, 15) is 29.3 Å². The van der Waals surface area contributed by atoms with Gasteiger partial charge in [-0.2, -0.15) is 0 Å². The number of fused-ring (bicyclic) bond motifs is 4. The number of ether oxygens (including phenoxy) is 3. The van der Waals surface area contributed by atoms with Crippen LogP contribution < -0.4 is 19.7 Å². The zero-order valence-electron chi connectivity index (χ0n) is 23.5. The number of urea groups is 1. The zero-order valence-corrected chi connectivity index (χ0v) is 23.5. The van der Waals surface area contributed by atoms with Crippen LogP contribution in [-0.4, -0.2) is 91.7 Å². The van der Waals surface area contributed by atoms with Crippen molar-refractivity contribution >= 4 is 35.3 Å². The molecule has 0 aliphatic carbocycles. The molecule has 42 heavy (non-hydrogen) atoms. The van der Waals surface area contributed by atoms with E-state index in [1.807, 2.05) is 4.90 Å². The van der Waals surface area contributed by atoms with Crippen LogP contribution in [0.1, 0.15) is 18.1 Å². The lowest BCUT2D eigenvalue weighted by Gasteiger charge is -2.55. The Kier molecular flexibility index (Phi) is 7.63. The Labute approximate surface area is 241 Å². The molecule has 2 fully saturated rings. The summed E-state index contributed by atoms with van der Waals surface area (Å²) in [4.78, 5) is 69.1. The van der Waals surface area contributed by atoms with Crippen molar-refractivity contribution in [2.24, 2.45) is 5.41 Å². The lowest BCUT2D eigenvalue weighted by molar-refractivity contribution is -0.384. The largest absolute Gasteiger partial charge is 0.493 e. The van der Waals surface area contributed by atoms with Gasteiger partial charge in [-0.3, -0.25) is 29.9 Å². The average molecular weight is 582 g/mol. The van der Waals surface area contributed by atoms with Gasteiger partial charge in [-0.05, 0) is 42.7 Å². The van der Waals surface area contributed by atoms with Gasteiger partial charge in [0.2, 0.25) is 11.8 Å². The molecule has 0 aromatic heterocycles. The van der Waals surface area contributed by atoms with E-state index in [-0.39, 0.29) is 51.3 Å². The molecule has 3 aliphatic heterocycles. The minimum absolute atomic E-state index is 0.0217. The number of carbonyl (C=O) groups excluding carboxylic acids is 4. The van der Waals surface area contributed by atoms with Gasteiger partial charge in [-0.15, -0.1) is 0 Å². The number of hydrogen-bond acceptors (Lipinski definition) is 10. The molecule has 2 atom stereocenters. The lowest BCUT2D eigenvalue weighted by atomic mass is 9.67. The van der Waals surface area contributed by atoms with Gasteiger partial charge in [-0.25, -0.2) is 9.59 Å². The van der Waals surface area contributed by atoms with Gasteiger partial charge < -0.3 is 24.0 Å². The fourth-order valence-electron chi connectivity index (χ4n) is 6.04. The van der Waals surface area contributed by atoms with Crippen LogP contribution >= 0.6 is 0 Å². The molecular formula is C28H31N5O9. The maximum Gasteiger partial charge on any atom is 0.409 e. The molecule has 2 saturated heterocycles. The number of benzene rings is 2. The van der Waals surface area contributed by atoms with Gasteiger partial charge in [-0.1, -0.05) is 6.07 Å². The molecule has 1 N–H and O–H groups in total. The normalized spacial score (nSPS) is 21.5. The van der Waals surface area contributed by atoms with E-state index in [4.69, 9.17) is 14.2 Å². The number of nitrogens with one attached hydrogen (secondary N) is 1. The average Bonchev–Trinajstić information content (AvgIpc) is 2.99. The van der Waals surface area contributed by atoms with Crippen LogP contribution in [0, 0.1) is 15.5 Å². The van der Waals surface area contributed by atoms with Gasteiger partial charge in [0.1, 0.15) is 0 Å². The van der Waals surface area contributed by atoms with Crippen LogP contribution in [0.15, 0.2) is 36.4 Å². The highest BCUT2D eigenvalue weighted by Crippen LogP contribution is 2.46. The molecular weight excluding hydrogens is 550 g/mol. The molecule has 0 unspecified atom stereocenters. The second kappa shape index (κ2) is 11.2. The Balaban J connectivity index is 1.53. The SMILES string of the molecule is CCOC(=O)N1CCN2c3ccc([N+](=O)[O-])cc3C[C@]3(C(=O)NC(=O)N(CCc4ccc(OC)c(OC)c4)C3=O)[C@@H]2C1. The van der Waals surface area contributed by atoms with Gasteiger partial charge in [0.05, 0.1) is 31.8 Å². The van der Waals surface area contributed by atoms with Crippen molar-refractivity contribution in [3.63, 3.8) is 0 Å². The highest BCUT2D eigenvalue weighted by atomic mass is 16.6. The Morgan fingerprint density at radius 2 is 1.86 bits per heavy atom. The number of barbiturate groups is 1. The number of hydrogen-bond donors (Lipinski definition) is 1. The van der Waals surface area contributed by atoms with Crippen LogP contribution in [0.25, 0.3) is 0 Å². The molecule has 0 bridgehead atoms. The molecule has 14 nitrogen and oxygen atoms in total. The van der Waals surface area contributed by atoms with Gasteiger partial charge >= 0.3 is 12.1 Å². The lowest BCUT2D eigenvalue weighted by Crippen LogP contribution is -2.75. The second-order valence-corrected chi connectivity index (χ2v) is 10.2. The summed E-state index contributed by atoms with van der Waals surface area (Å²) in [6, 6.07) is 7.85. The van der Waals surface area contributed by atoms with E-state index >= 15 is 0 Å². The molecule has 2 aromatic rings. The number of nitro groups is 1. The number of rotatable bonds is 7. The monoisotopic (exact) mass is 581 g/mol. The first-order valence-electron chi connectivity index (χ1n) is 13.5. The number of methoxy groups -OCH3 is 2. The summed E-state index contributed by atoms with van der Waals surface area (Å²) in [5.74, 6) is -0.526. The third-order valence-electron chi connectivity index (χ3n) is 8.10. The van der Waals surface area contributed by atoms with Crippen molar-refractivity contribution < 1.29 is 38.3 Å². The van der Waals surface area contributed by atoms with Crippen molar-refractivity contribution in [2.75, 3.05) is 51.9 Å². The number of imide groups is 2. The van der Waals surface area contributed by atoms with E-state index in [0.717, 1.165) is 10.5 Å². The maximum atomic E-state index is 14.4. The van der Waals surface area contributed by atoms with Crippen molar-refractivity contribution in [2.45, 2.75) is 25.8 Å².